The maximum absolute atomic E-state index is 13.0. The lowest BCUT2D eigenvalue weighted by Crippen LogP contribution is -2.19. The van der Waals surface area contributed by atoms with Crippen molar-refractivity contribution in [3.05, 3.63) is 89.7 Å². The Kier molecular flexibility index (Phi) is 7.22. The van der Waals surface area contributed by atoms with Crippen LogP contribution in [-0.2, 0) is 15.6 Å². The number of rotatable bonds is 8. The number of hydrogen-bond acceptors (Lipinski definition) is 8. The summed E-state index contributed by atoms with van der Waals surface area (Å²) in [6, 6.07) is 16.9. The van der Waals surface area contributed by atoms with E-state index in [-0.39, 0.29) is 15.3 Å². The van der Waals surface area contributed by atoms with E-state index in [4.69, 9.17) is 10.5 Å². The van der Waals surface area contributed by atoms with Gasteiger partial charge in [0.15, 0.2) is 0 Å². The van der Waals surface area contributed by atoms with E-state index in [2.05, 4.69) is 20.8 Å². The Labute approximate surface area is 208 Å². The lowest BCUT2D eigenvalue weighted by molar-refractivity contribution is 0.102. The zero-order valence-electron chi connectivity index (χ0n) is 18.3. The minimum atomic E-state index is -3.84. The van der Waals surface area contributed by atoms with Crippen LogP contribution in [-0.4, -0.2) is 30.6 Å². The normalized spacial score (nSPS) is 11.0. The number of nitrogens with one attached hydrogen (secondary N) is 2. The van der Waals surface area contributed by atoms with Crippen LogP contribution >= 0.6 is 11.3 Å². The van der Waals surface area contributed by atoms with E-state index < -0.39 is 27.6 Å². The molecule has 10 nitrogen and oxygen atoms in total. The fourth-order valence-corrected chi connectivity index (χ4v) is 5.28. The zero-order valence-corrected chi connectivity index (χ0v) is 20.0. The van der Waals surface area contributed by atoms with Gasteiger partial charge in [-0.3, -0.25) is 4.79 Å². The van der Waals surface area contributed by atoms with Crippen LogP contribution in [0.1, 0.15) is 15.9 Å². The van der Waals surface area contributed by atoms with Crippen LogP contribution in [0.15, 0.2) is 77.1 Å². The van der Waals surface area contributed by atoms with Crippen molar-refractivity contribution in [2.24, 2.45) is 5.73 Å². The first-order valence-electron chi connectivity index (χ1n) is 10.2. The van der Waals surface area contributed by atoms with E-state index in [1.807, 2.05) is 0 Å². The molecule has 4 N–H and O–H groups in total. The molecule has 0 bridgehead atoms. The van der Waals surface area contributed by atoms with Crippen molar-refractivity contribution in [2.75, 3.05) is 10.6 Å². The van der Waals surface area contributed by atoms with Gasteiger partial charge in [0.05, 0.1) is 5.75 Å². The number of primary amides is 1. The summed E-state index contributed by atoms with van der Waals surface area (Å²) >= 11 is 0.749. The Hall–Kier alpha value is -4.36. The Morgan fingerprint density at radius 1 is 0.944 bits per heavy atom. The smallest absolute Gasteiger partial charge is 0.316 e. The number of urea groups is 1. The number of nitrogens with zero attached hydrogens (tertiary/aromatic N) is 2. The number of aromatic nitrogens is 2. The topological polar surface area (TPSA) is 153 Å². The van der Waals surface area contributed by atoms with E-state index in [0.717, 1.165) is 11.3 Å². The quantitative estimate of drug-likeness (QED) is 0.310. The van der Waals surface area contributed by atoms with Gasteiger partial charge in [-0.2, -0.15) is 0 Å². The molecule has 184 valence electrons. The Balaban J connectivity index is 1.40. The van der Waals surface area contributed by atoms with Gasteiger partial charge in [0.1, 0.15) is 11.6 Å². The number of ether oxygens (including phenoxy) is 1. The van der Waals surface area contributed by atoms with Gasteiger partial charge in [-0.1, -0.05) is 23.3 Å². The standard InChI is InChI=1S/C23H18FN5O5S2/c24-16-8-10-17(11-9-16)26-20(30)15-6-4-14(5-7-15)13-36(32,33)23-29-28-22(35-23)34-19-3-1-2-18(12-19)27-21(25)31/h1-12H,13H2,(H,26,30)(H3,25,27,31). The van der Waals surface area contributed by atoms with Crippen molar-refractivity contribution in [3.63, 3.8) is 0 Å². The summed E-state index contributed by atoms with van der Waals surface area (Å²) in [4.78, 5) is 23.4. The minimum absolute atomic E-state index is 0.00221. The highest BCUT2D eigenvalue weighted by atomic mass is 32.2. The maximum atomic E-state index is 13.0. The lowest BCUT2D eigenvalue weighted by Gasteiger charge is -2.06. The average Bonchev–Trinajstić information content (AvgIpc) is 3.30. The maximum Gasteiger partial charge on any atom is 0.316 e. The van der Waals surface area contributed by atoms with Gasteiger partial charge in [0.2, 0.25) is 14.2 Å². The van der Waals surface area contributed by atoms with Crippen molar-refractivity contribution in [1.29, 1.82) is 0 Å². The van der Waals surface area contributed by atoms with Crippen molar-refractivity contribution in [1.82, 2.24) is 10.2 Å². The third kappa shape index (κ3) is 6.40. The molecule has 0 spiro atoms. The number of nitrogens with two attached hydrogens (primary N) is 1. The number of sulfone groups is 1. The summed E-state index contributed by atoms with van der Waals surface area (Å²) in [6.07, 6.45) is 0. The second-order valence-electron chi connectivity index (χ2n) is 7.37. The largest absolute Gasteiger partial charge is 0.430 e. The second kappa shape index (κ2) is 10.5. The number of carbonyl (C=O) groups excluding carboxylic acids is 2. The van der Waals surface area contributed by atoms with Crippen LogP contribution in [0.25, 0.3) is 0 Å². The molecule has 0 saturated heterocycles. The molecule has 1 aromatic heterocycles. The first kappa shape index (κ1) is 24.8. The average molecular weight is 528 g/mol. The summed E-state index contributed by atoms with van der Waals surface area (Å²) in [6.45, 7) is 0. The molecule has 0 atom stereocenters. The molecule has 0 radical (unpaired) electrons. The Bertz CT molecular complexity index is 1510. The fourth-order valence-electron chi connectivity index (χ4n) is 3.01. The van der Waals surface area contributed by atoms with E-state index in [1.165, 1.54) is 54.6 Å². The van der Waals surface area contributed by atoms with Crippen LogP contribution in [0.5, 0.6) is 10.9 Å². The SMILES string of the molecule is NC(=O)Nc1cccc(Oc2nnc(S(=O)(=O)Cc3ccc(C(=O)Nc4ccc(F)cc4)cc3)s2)c1. The van der Waals surface area contributed by atoms with Crippen molar-refractivity contribution >= 4 is 44.5 Å². The third-order valence-electron chi connectivity index (χ3n) is 4.64. The first-order valence-corrected chi connectivity index (χ1v) is 12.7. The monoisotopic (exact) mass is 527 g/mol. The van der Waals surface area contributed by atoms with Crippen LogP contribution in [0, 0.1) is 5.82 Å². The molecule has 36 heavy (non-hydrogen) atoms. The highest BCUT2D eigenvalue weighted by Gasteiger charge is 2.22. The van der Waals surface area contributed by atoms with Gasteiger partial charge in [0, 0.05) is 23.0 Å². The van der Waals surface area contributed by atoms with Gasteiger partial charge in [-0.15, -0.1) is 5.10 Å². The lowest BCUT2D eigenvalue weighted by atomic mass is 10.1. The number of carbonyl (C=O) groups is 2. The van der Waals surface area contributed by atoms with Gasteiger partial charge in [0.25, 0.3) is 5.91 Å². The second-order valence-corrected chi connectivity index (χ2v) is 10.5. The molecular formula is C23H18FN5O5S2. The number of benzene rings is 3. The molecule has 13 heteroatoms. The van der Waals surface area contributed by atoms with Crippen molar-refractivity contribution < 1.29 is 27.1 Å². The first-order chi connectivity index (χ1) is 17.2. The fraction of sp³-hybridized carbons (Fsp3) is 0.0435. The Morgan fingerprint density at radius 3 is 2.36 bits per heavy atom. The summed E-state index contributed by atoms with van der Waals surface area (Å²) in [5.41, 5.74) is 6.66. The van der Waals surface area contributed by atoms with Gasteiger partial charge in [-0.25, -0.2) is 17.6 Å². The van der Waals surface area contributed by atoms with Crippen LogP contribution in [0.2, 0.25) is 0 Å². The van der Waals surface area contributed by atoms with Crippen molar-refractivity contribution in [3.8, 4) is 10.9 Å². The minimum Gasteiger partial charge on any atom is -0.430 e. The molecule has 0 aliphatic carbocycles. The highest BCUT2D eigenvalue weighted by Crippen LogP contribution is 2.30. The third-order valence-corrected chi connectivity index (χ3v) is 7.57. The van der Waals surface area contributed by atoms with Crippen molar-refractivity contribution in [2.45, 2.75) is 10.1 Å². The molecule has 0 aliphatic heterocycles. The molecule has 0 aliphatic rings. The number of halogens is 1. The van der Waals surface area contributed by atoms with E-state index >= 15 is 0 Å². The molecule has 3 amide bonds. The zero-order chi connectivity index (χ0) is 25.7. The predicted octanol–water partition coefficient (Wildman–Crippen LogP) is 4.19. The molecule has 0 saturated carbocycles. The molecule has 0 fully saturated rings. The number of anilines is 2. The molecular weight excluding hydrogens is 509 g/mol. The summed E-state index contributed by atoms with van der Waals surface area (Å²) in [5.74, 6) is -0.897. The molecule has 1 heterocycles. The molecule has 3 aromatic carbocycles. The van der Waals surface area contributed by atoms with Gasteiger partial charge < -0.3 is 21.1 Å². The summed E-state index contributed by atoms with van der Waals surface area (Å²) in [7, 11) is -3.84. The summed E-state index contributed by atoms with van der Waals surface area (Å²) in [5, 5.41) is 12.5. The molecule has 4 rings (SSSR count). The van der Waals surface area contributed by atoms with Crippen LogP contribution in [0.4, 0.5) is 20.6 Å². The molecule has 0 unspecified atom stereocenters. The predicted molar refractivity (Wildman–Crippen MR) is 131 cm³/mol. The van der Waals surface area contributed by atoms with E-state index in [1.54, 1.807) is 18.2 Å². The van der Waals surface area contributed by atoms with Gasteiger partial charge in [-0.05, 0) is 65.4 Å². The summed E-state index contributed by atoms with van der Waals surface area (Å²) < 4.78 is 43.9. The molecule has 4 aromatic rings. The van der Waals surface area contributed by atoms with Crippen LogP contribution < -0.4 is 21.1 Å². The van der Waals surface area contributed by atoms with E-state index in [9.17, 15) is 22.4 Å². The van der Waals surface area contributed by atoms with Gasteiger partial charge >= 0.3 is 11.2 Å². The van der Waals surface area contributed by atoms with Crippen LogP contribution in [0.3, 0.4) is 0 Å². The van der Waals surface area contributed by atoms with E-state index in [0.29, 0.717) is 28.3 Å². The number of amides is 3. The number of hydrogen-bond donors (Lipinski definition) is 3. The highest BCUT2D eigenvalue weighted by molar-refractivity contribution is 7.92. The Morgan fingerprint density at radius 2 is 1.67 bits per heavy atom.